The number of aryl methyl sites for hydroxylation is 1. The first-order valence-electron chi connectivity index (χ1n) is 7.66. The molecule has 0 atom stereocenters. The SMILES string of the molecule is Cc1ccc(S(=O)(=O)N(CCc2cccs2)Cc2ccoc2)cc1. The van der Waals surface area contributed by atoms with Gasteiger partial charge in [0.1, 0.15) is 0 Å². The minimum Gasteiger partial charge on any atom is -0.472 e. The molecule has 0 aliphatic carbocycles. The first-order valence-corrected chi connectivity index (χ1v) is 9.98. The first kappa shape index (κ1) is 17.0. The van der Waals surface area contributed by atoms with E-state index in [-0.39, 0.29) is 0 Å². The summed E-state index contributed by atoms with van der Waals surface area (Å²) in [7, 11) is -3.55. The summed E-state index contributed by atoms with van der Waals surface area (Å²) in [6.45, 7) is 2.68. The number of furan rings is 1. The normalized spacial score (nSPS) is 11.9. The van der Waals surface area contributed by atoms with E-state index in [4.69, 9.17) is 4.42 Å². The Morgan fingerprint density at radius 1 is 1.12 bits per heavy atom. The van der Waals surface area contributed by atoms with E-state index in [0.717, 1.165) is 11.1 Å². The van der Waals surface area contributed by atoms with Crippen LogP contribution in [-0.2, 0) is 23.0 Å². The monoisotopic (exact) mass is 361 g/mol. The van der Waals surface area contributed by atoms with Crippen molar-refractivity contribution in [3.8, 4) is 0 Å². The van der Waals surface area contributed by atoms with Crippen molar-refractivity contribution >= 4 is 21.4 Å². The Hall–Kier alpha value is -1.89. The number of benzene rings is 1. The summed E-state index contributed by atoms with van der Waals surface area (Å²) in [6, 6.07) is 12.8. The van der Waals surface area contributed by atoms with E-state index in [1.165, 1.54) is 9.18 Å². The molecule has 0 saturated carbocycles. The Labute approximate surface area is 146 Å². The molecule has 126 valence electrons. The maximum absolute atomic E-state index is 13.0. The van der Waals surface area contributed by atoms with Crippen LogP contribution in [0, 0.1) is 6.92 Å². The standard InChI is InChI=1S/C18H19NO3S2/c1-15-4-6-18(7-5-15)24(20,21)19(13-16-9-11-22-14-16)10-8-17-3-2-12-23-17/h2-7,9,11-12,14H,8,10,13H2,1H3. The fourth-order valence-electron chi connectivity index (χ4n) is 2.42. The lowest BCUT2D eigenvalue weighted by Gasteiger charge is -2.21. The molecule has 2 aromatic heterocycles. The van der Waals surface area contributed by atoms with E-state index in [9.17, 15) is 8.42 Å². The third kappa shape index (κ3) is 3.95. The highest BCUT2D eigenvalue weighted by Crippen LogP contribution is 2.20. The molecule has 0 bridgehead atoms. The van der Waals surface area contributed by atoms with Crippen LogP contribution in [0.1, 0.15) is 16.0 Å². The van der Waals surface area contributed by atoms with Crippen molar-refractivity contribution in [1.29, 1.82) is 0 Å². The summed E-state index contributed by atoms with van der Waals surface area (Å²) in [6.07, 6.45) is 3.84. The molecule has 0 amide bonds. The van der Waals surface area contributed by atoms with Crippen LogP contribution >= 0.6 is 11.3 Å². The summed E-state index contributed by atoms with van der Waals surface area (Å²) >= 11 is 1.64. The van der Waals surface area contributed by atoms with E-state index in [0.29, 0.717) is 24.4 Å². The van der Waals surface area contributed by atoms with Crippen molar-refractivity contribution < 1.29 is 12.8 Å². The van der Waals surface area contributed by atoms with Gasteiger partial charge in [0, 0.05) is 23.5 Å². The number of sulfonamides is 1. The number of thiophene rings is 1. The van der Waals surface area contributed by atoms with Gasteiger partial charge in [-0.25, -0.2) is 8.42 Å². The second kappa shape index (κ2) is 7.34. The van der Waals surface area contributed by atoms with Gasteiger partial charge < -0.3 is 4.42 Å². The third-order valence-electron chi connectivity index (χ3n) is 3.79. The Bertz CT molecular complexity index is 852. The zero-order chi connectivity index (χ0) is 17.0. The average Bonchev–Trinajstić information content (AvgIpc) is 3.25. The Kier molecular flexibility index (Phi) is 5.18. The third-order valence-corrected chi connectivity index (χ3v) is 6.58. The Morgan fingerprint density at radius 2 is 1.92 bits per heavy atom. The van der Waals surface area contributed by atoms with Crippen LogP contribution in [0.2, 0.25) is 0 Å². The van der Waals surface area contributed by atoms with Crippen LogP contribution in [0.3, 0.4) is 0 Å². The molecule has 0 unspecified atom stereocenters. The molecular formula is C18H19NO3S2. The van der Waals surface area contributed by atoms with E-state index in [1.54, 1.807) is 42.1 Å². The van der Waals surface area contributed by atoms with Crippen LogP contribution in [0.15, 0.2) is 69.7 Å². The van der Waals surface area contributed by atoms with Crippen molar-refractivity contribution in [1.82, 2.24) is 4.31 Å². The maximum Gasteiger partial charge on any atom is 0.243 e. The van der Waals surface area contributed by atoms with Crippen molar-refractivity contribution in [2.45, 2.75) is 24.8 Å². The lowest BCUT2D eigenvalue weighted by atomic mass is 10.2. The van der Waals surface area contributed by atoms with Gasteiger partial charge in [-0.2, -0.15) is 4.31 Å². The molecule has 0 saturated heterocycles. The zero-order valence-electron chi connectivity index (χ0n) is 13.4. The van der Waals surface area contributed by atoms with Gasteiger partial charge >= 0.3 is 0 Å². The minimum atomic E-state index is -3.55. The molecular weight excluding hydrogens is 342 g/mol. The second-order valence-electron chi connectivity index (χ2n) is 5.61. The quantitative estimate of drug-likeness (QED) is 0.637. The van der Waals surface area contributed by atoms with E-state index in [2.05, 4.69) is 0 Å². The van der Waals surface area contributed by atoms with E-state index >= 15 is 0 Å². The fourth-order valence-corrected chi connectivity index (χ4v) is 4.55. The van der Waals surface area contributed by atoms with Gasteiger partial charge in [-0.05, 0) is 43.0 Å². The van der Waals surface area contributed by atoms with Crippen LogP contribution < -0.4 is 0 Å². The highest BCUT2D eigenvalue weighted by Gasteiger charge is 2.24. The molecule has 0 fully saturated rings. The van der Waals surface area contributed by atoms with Crippen molar-refractivity contribution in [2.24, 2.45) is 0 Å². The van der Waals surface area contributed by atoms with Gasteiger partial charge in [-0.15, -0.1) is 11.3 Å². The first-order chi connectivity index (χ1) is 11.6. The summed E-state index contributed by atoms with van der Waals surface area (Å²) in [5, 5.41) is 2.00. The van der Waals surface area contributed by atoms with E-state index in [1.807, 2.05) is 36.6 Å². The predicted molar refractivity (Wildman–Crippen MR) is 95.5 cm³/mol. The van der Waals surface area contributed by atoms with Crippen molar-refractivity contribution in [3.05, 3.63) is 76.4 Å². The van der Waals surface area contributed by atoms with Crippen LogP contribution in [0.5, 0.6) is 0 Å². The lowest BCUT2D eigenvalue weighted by molar-refractivity contribution is 0.408. The van der Waals surface area contributed by atoms with Crippen LogP contribution in [-0.4, -0.2) is 19.3 Å². The number of hydrogen-bond donors (Lipinski definition) is 0. The van der Waals surface area contributed by atoms with Crippen LogP contribution in [0.4, 0.5) is 0 Å². The van der Waals surface area contributed by atoms with Crippen molar-refractivity contribution in [2.75, 3.05) is 6.54 Å². The van der Waals surface area contributed by atoms with Gasteiger partial charge in [0.05, 0.1) is 17.4 Å². The molecule has 4 nitrogen and oxygen atoms in total. The van der Waals surface area contributed by atoms with Gasteiger partial charge in [-0.3, -0.25) is 0 Å². The molecule has 24 heavy (non-hydrogen) atoms. The van der Waals surface area contributed by atoms with Gasteiger partial charge in [0.2, 0.25) is 10.0 Å². The molecule has 2 heterocycles. The molecule has 0 aliphatic heterocycles. The fraction of sp³-hybridized carbons (Fsp3) is 0.222. The lowest BCUT2D eigenvalue weighted by Crippen LogP contribution is -2.32. The molecule has 3 rings (SSSR count). The zero-order valence-corrected chi connectivity index (χ0v) is 15.0. The molecule has 0 aliphatic rings. The predicted octanol–water partition coefficient (Wildman–Crippen LogP) is 4.08. The molecule has 0 radical (unpaired) electrons. The van der Waals surface area contributed by atoms with Gasteiger partial charge in [0.15, 0.2) is 0 Å². The highest BCUT2D eigenvalue weighted by molar-refractivity contribution is 7.89. The molecule has 6 heteroatoms. The van der Waals surface area contributed by atoms with Crippen LogP contribution in [0.25, 0.3) is 0 Å². The summed E-state index contributed by atoms with van der Waals surface area (Å²) < 4.78 is 32.7. The molecule has 3 aromatic rings. The topological polar surface area (TPSA) is 50.5 Å². The second-order valence-corrected chi connectivity index (χ2v) is 8.58. The summed E-state index contributed by atoms with van der Waals surface area (Å²) in [5.41, 5.74) is 1.88. The summed E-state index contributed by atoms with van der Waals surface area (Å²) in [5.74, 6) is 0. The molecule has 1 aromatic carbocycles. The number of hydrogen-bond acceptors (Lipinski definition) is 4. The Balaban J connectivity index is 1.85. The average molecular weight is 361 g/mol. The smallest absolute Gasteiger partial charge is 0.243 e. The Morgan fingerprint density at radius 3 is 2.54 bits per heavy atom. The van der Waals surface area contributed by atoms with E-state index < -0.39 is 10.0 Å². The highest BCUT2D eigenvalue weighted by atomic mass is 32.2. The number of rotatable bonds is 7. The molecule has 0 spiro atoms. The van der Waals surface area contributed by atoms with Crippen molar-refractivity contribution in [3.63, 3.8) is 0 Å². The minimum absolute atomic E-state index is 0.304. The largest absolute Gasteiger partial charge is 0.472 e. The summed E-state index contributed by atoms with van der Waals surface area (Å²) in [4.78, 5) is 1.49. The maximum atomic E-state index is 13.0. The number of nitrogens with zero attached hydrogens (tertiary/aromatic N) is 1. The van der Waals surface area contributed by atoms with Gasteiger partial charge in [0.25, 0.3) is 0 Å². The molecule has 0 N–H and O–H groups in total. The van der Waals surface area contributed by atoms with Gasteiger partial charge in [-0.1, -0.05) is 23.8 Å².